The van der Waals surface area contributed by atoms with Crippen LogP contribution in [-0.4, -0.2) is 66.3 Å². The lowest BCUT2D eigenvalue weighted by Gasteiger charge is -2.31. The number of carbonyl (C=O) groups excluding carboxylic acids is 1. The Morgan fingerprint density at radius 2 is 1.45 bits per heavy atom. The fourth-order valence-corrected chi connectivity index (χ4v) is 6.26. The highest BCUT2D eigenvalue weighted by atomic mass is 16.5. The highest BCUT2D eigenvalue weighted by Crippen LogP contribution is 2.32. The van der Waals surface area contributed by atoms with Crippen molar-refractivity contribution in [2.45, 2.75) is 25.8 Å². The van der Waals surface area contributed by atoms with E-state index in [1.54, 1.807) is 0 Å². The molecule has 0 bridgehead atoms. The number of hydrogen-bond acceptors (Lipinski definition) is 3. The molecule has 216 valence electrons. The van der Waals surface area contributed by atoms with Gasteiger partial charge in [0.2, 0.25) is 0 Å². The summed E-state index contributed by atoms with van der Waals surface area (Å²) < 4.78 is 7.88. The highest BCUT2D eigenvalue weighted by Gasteiger charge is 2.21. The van der Waals surface area contributed by atoms with Crippen LogP contribution in [0.15, 0.2) is 103 Å². The fraction of sp³-hybridized carbons (Fsp3) is 0.306. The van der Waals surface area contributed by atoms with Gasteiger partial charge in [0, 0.05) is 72.7 Å². The van der Waals surface area contributed by atoms with Crippen molar-refractivity contribution in [3.8, 4) is 0 Å². The number of nitrogens with zero attached hydrogens (tertiary/aromatic N) is 3. The van der Waals surface area contributed by atoms with Crippen molar-refractivity contribution in [1.82, 2.24) is 14.4 Å². The summed E-state index contributed by atoms with van der Waals surface area (Å²) in [6.07, 6.45) is 0.841. The second-order valence-corrected chi connectivity index (χ2v) is 11.0. The second kappa shape index (κ2) is 13.2. The van der Waals surface area contributed by atoms with Crippen molar-refractivity contribution < 1.29 is 9.53 Å². The van der Waals surface area contributed by atoms with E-state index >= 15 is 0 Å². The molecule has 1 aliphatic rings. The van der Waals surface area contributed by atoms with Crippen LogP contribution < -0.4 is 5.32 Å². The number of fused-ring (bicyclic) bond motifs is 3. The SMILES string of the molecule is CCn1c2ccccc2c2cc(NC(=O)N(CCC(c3ccccc3)c3ccccc3)CCN3CCOCC3)ccc21. The zero-order chi connectivity index (χ0) is 28.7. The molecule has 6 heteroatoms. The Morgan fingerprint density at radius 3 is 2.14 bits per heavy atom. The molecular formula is C36H40N4O2. The summed E-state index contributed by atoms with van der Waals surface area (Å²) in [6.45, 7) is 8.54. The van der Waals surface area contributed by atoms with Gasteiger partial charge in [-0.2, -0.15) is 0 Å². The molecule has 1 aromatic heterocycles. The zero-order valence-corrected chi connectivity index (χ0v) is 24.4. The Labute approximate surface area is 248 Å². The lowest BCUT2D eigenvalue weighted by Crippen LogP contribution is -2.44. The van der Waals surface area contributed by atoms with Crippen molar-refractivity contribution >= 4 is 33.5 Å². The van der Waals surface area contributed by atoms with Crippen LogP contribution in [0.2, 0.25) is 0 Å². The number of para-hydroxylation sites is 1. The number of morpholine rings is 1. The largest absolute Gasteiger partial charge is 0.379 e. The molecule has 0 unspecified atom stereocenters. The van der Waals surface area contributed by atoms with Crippen molar-refractivity contribution in [3.05, 3.63) is 114 Å². The zero-order valence-electron chi connectivity index (χ0n) is 24.4. The summed E-state index contributed by atoms with van der Waals surface area (Å²) >= 11 is 0. The summed E-state index contributed by atoms with van der Waals surface area (Å²) in [6, 6.07) is 36.0. The van der Waals surface area contributed by atoms with E-state index in [-0.39, 0.29) is 11.9 Å². The molecule has 0 spiro atoms. The quantitative estimate of drug-likeness (QED) is 0.196. The number of benzene rings is 4. The van der Waals surface area contributed by atoms with E-state index in [9.17, 15) is 4.79 Å². The van der Waals surface area contributed by atoms with Crippen LogP contribution in [0.4, 0.5) is 10.5 Å². The van der Waals surface area contributed by atoms with Gasteiger partial charge >= 0.3 is 6.03 Å². The Hall–Kier alpha value is -4.13. The minimum absolute atomic E-state index is 0.0540. The van der Waals surface area contributed by atoms with Crippen molar-refractivity contribution in [2.75, 3.05) is 51.3 Å². The average molecular weight is 561 g/mol. The van der Waals surface area contributed by atoms with Crippen LogP contribution in [0.3, 0.4) is 0 Å². The molecular weight excluding hydrogens is 520 g/mol. The van der Waals surface area contributed by atoms with E-state index in [0.717, 1.165) is 51.5 Å². The van der Waals surface area contributed by atoms with E-state index in [4.69, 9.17) is 4.74 Å². The topological polar surface area (TPSA) is 49.7 Å². The van der Waals surface area contributed by atoms with Crippen molar-refractivity contribution in [3.63, 3.8) is 0 Å². The molecule has 6 nitrogen and oxygen atoms in total. The van der Waals surface area contributed by atoms with Crippen LogP contribution in [0, 0.1) is 0 Å². The predicted octanol–water partition coefficient (Wildman–Crippen LogP) is 7.20. The van der Waals surface area contributed by atoms with Gasteiger partial charge in [-0.15, -0.1) is 0 Å². The summed E-state index contributed by atoms with van der Waals surface area (Å²) in [5.41, 5.74) is 5.78. The molecule has 1 aliphatic heterocycles. The summed E-state index contributed by atoms with van der Waals surface area (Å²) in [7, 11) is 0. The molecule has 0 radical (unpaired) electrons. The van der Waals surface area contributed by atoms with Gasteiger partial charge in [0.1, 0.15) is 0 Å². The number of aryl methyl sites for hydroxylation is 1. The van der Waals surface area contributed by atoms with E-state index < -0.39 is 0 Å². The standard InChI is InChI=1S/C36H40N4O2/c1-2-40-34-16-10-9-15-32(34)33-27-30(17-18-35(33)40)37-36(41)39(22-21-38-23-25-42-26-24-38)20-19-31(28-11-5-3-6-12-28)29-13-7-4-8-14-29/h3-18,27,31H,2,19-26H2,1H3,(H,37,41). The molecule has 6 rings (SSSR count). The van der Waals surface area contributed by atoms with Crippen LogP contribution in [0.1, 0.15) is 30.4 Å². The lowest BCUT2D eigenvalue weighted by molar-refractivity contribution is 0.0351. The highest BCUT2D eigenvalue weighted by molar-refractivity contribution is 6.09. The first-order chi connectivity index (χ1) is 20.7. The second-order valence-electron chi connectivity index (χ2n) is 11.0. The first kappa shape index (κ1) is 28.0. The van der Waals surface area contributed by atoms with Crippen LogP contribution in [0.25, 0.3) is 21.8 Å². The first-order valence-electron chi connectivity index (χ1n) is 15.2. The number of amides is 2. The van der Waals surface area contributed by atoms with E-state index in [1.165, 1.54) is 32.9 Å². The molecule has 0 aliphatic carbocycles. The number of carbonyl (C=O) groups is 1. The maximum Gasteiger partial charge on any atom is 0.321 e. The van der Waals surface area contributed by atoms with E-state index in [1.807, 2.05) is 11.0 Å². The minimum atomic E-state index is -0.0540. The van der Waals surface area contributed by atoms with Gasteiger partial charge in [0.15, 0.2) is 0 Å². The Kier molecular flexibility index (Phi) is 8.83. The lowest BCUT2D eigenvalue weighted by atomic mass is 9.88. The summed E-state index contributed by atoms with van der Waals surface area (Å²) in [5.74, 6) is 0.211. The third kappa shape index (κ3) is 6.20. The number of aromatic nitrogens is 1. The number of anilines is 1. The third-order valence-corrected chi connectivity index (χ3v) is 8.51. The molecule has 5 aromatic rings. The van der Waals surface area contributed by atoms with Gasteiger partial charge in [-0.1, -0.05) is 78.9 Å². The van der Waals surface area contributed by atoms with Gasteiger partial charge < -0.3 is 19.5 Å². The Morgan fingerprint density at radius 1 is 0.810 bits per heavy atom. The fourth-order valence-electron chi connectivity index (χ4n) is 6.26. The normalized spacial score (nSPS) is 14.0. The predicted molar refractivity (Wildman–Crippen MR) is 172 cm³/mol. The Bertz CT molecular complexity index is 1570. The summed E-state index contributed by atoms with van der Waals surface area (Å²) in [4.78, 5) is 18.3. The molecule has 1 fully saturated rings. The maximum atomic E-state index is 13.9. The van der Waals surface area contributed by atoms with Crippen LogP contribution in [0.5, 0.6) is 0 Å². The van der Waals surface area contributed by atoms with E-state index in [0.29, 0.717) is 13.1 Å². The number of hydrogen-bond donors (Lipinski definition) is 1. The number of rotatable bonds is 10. The smallest absolute Gasteiger partial charge is 0.321 e. The summed E-state index contributed by atoms with van der Waals surface area (Å²) in [5, 5.41) is 5.63. The van der Waals surface area contributed by atoms with Gasteiger partial charge in [0.05, 0.1) is 13.2 Å². The molecule has 2 heterocycles. The van der Waals surface area contributed by atoms with Gasteiger partial charge in [0.25, 0.3) is 0 Å². The molecule has 0 saturated carbocycles. The molecule has 1 saturated heterocycles. The maximum absolute atomic E-state index is 13.9. The first-order valence-corrected chi connectivity index (χ1v) is 15.2. The minimum Gasteiger partial charge on any atom is -0.379 e. The van der Waals surface area contributed by atoms with Gasteiger partial charge in [-0.05, 0) is 48.7 Å². The van der Waals surface area contributed by atoms with Crippen molar-refractivity contribution in [2.24, 2.45) is 0 Å². The molecule has 2 amide bonds. The molecule has 0 atom stereocenters. The van der Waals surface area contributed by atoms with Gasteiger partial charge in [-0.3, -0.25) is 4.90 Å². The van der Waals surface area contributed by atoms with Crippen molar-refractivity contribution in [1.29, 1.82) is 0 Å². The van der Waals surface area contributed by atoms with E-state index in [2.05, 4.69) is 119 Å². The number of nitrogens with one attached hydrogen (secondary N) is 1. The molecule has 42 heavy (non-hydrogen) atoms. The number of urea groups is 1. The number of ether oxygens (including phenoxy) is 1. The molecule has 4 aromatic carbocycles. The third-order valence-electron chi connectivity index (χ3n) is 8.51. The molecule has 1 N–H and O–H groups in total. The van der Waals surface area contributed by atoms with Crippen LogP contribution in [-0.2, 0) is 11.3 Å². The Balaban J connectivity index is 1.24. The van der Waals surface area contributed by atoms with Gasteiger partial charge in [-0.25, -0.2) is 4.79 Å². The van der Waals surface area contributed by atoms with Crippen LogP contribution >= 0.6 is 0 Å². The monoisotopic (exact) mass is 560 g/mol. The average Bonchev–Trinajstić information content (AvgIpc) is 3.37.